The first-order valence-corrected chi connectivity index (χ1v) is 12.6. The van der Waals surface area contributed by atoms with Crippen LogP contribution in [0.4, 0.5) is 0 Å². The molecule has 0 aliphatic heterocycles. The number of hydrogen-bond donors (Lipinski definition) is 2. The highest BCUT2D eigenvalue weighted by molar-refractivity contribution is 7.99. The molecule has 1 atom stereocenters. The molecule has 4 rings (SSSR count). The van der Waals surface area contributed by atoms with Gasteiger partial charge in [-0.05, 0) is 50.3 Å². The van der Waals surface area contributed by atoms with E-state index in [0.717, 1.165) is 35.0 Å². The molecule has 32 heavy (non-hydrogen) atoms. The number of aryl methyl sites for hydroxylation is 2. The number of amides is 1. The zero-order chi connectivity index (χ0) is 22.7. The second kappa shape index (κ2) is 9.95. The van der Waals surface area contributed by atoms with E-state index in [1.165, 1.54) is 28.6 Å². The van der Waals surface area contributed by atoms with Crippen LogP contribution in [0.25, 0.3) is 10.2 Å². The van der Waals surface area contributed by atoms with Crippen molar-refractivity contribution in [2.75, 3.05) is 20.0 Å². The highest BCUT2D eigenvalue weighted by atomic mass is 32.2. The fraction of sp³-hybridized carbons (Fsp3) is 0.435. The summed E-state index contributed by atoms with van der Waals surface area (Å²) < 4.78 is 10.7. The van der Waals surface area contributed by atoms with Crippen LogP contribution >= 0.6 is 23.1 Å². The Morgan fingerprint density at radius 3 is 2.88 bits per heavy atom. The molecule has 1 aliphatic carbocycles. The van der Waals surface area contributed by atoms with Crippen molar-refractivity contribution in [1.82, 2.24) is 15.3 Å². The first-order chi connectivity index (χ1) is 15.5. The number of methoxy groups -OCH3 is 2. The van der Waals surface area contributed by atoms with E-state index in [9.17, 15) is 9.59 Å². The van der Waals surface area contributed by atoms with Gasteiger partial charge in [0.25, 0.3) is 5.56 Å². The molecule has 0 fully saturated rings. The van der Waals surface area contributed by atoms with Crippen molar-refractivity contribution in [2.45, 2.75) is 44.4 Å². The van der Waals surface area contributed by atoms with E-state index in [4.69, 9.17) is 9.47 Å². The monoisotopic (exact) mass is 473 g/mol. The number of nitrogens with zero attached hydrogens (tertiary/aromatic N) is 1. The van der Waals surface area contributed by atoms with Gasteiger partial charge in [-0.1, -0.05) is 0 Å². The molecule has 9 heteroatoms. The molecule has 1 aromatic carbocycles. The maximum atomic E-state index is 12.6. The van der Waals surface area contributed by atoms with Crippen LogP contribution in [0.5, 0.6) is 11.5 Å². The number of thioether (sulfide) groups is 1. The van der Waals surface area contributed by atoms with Crippen molar-refractivity contribution in [2.24, 2.45) is 0 Å². The summed E-state index contributed by atoms with van der Waals surface area (Å²) in [5, 5.41) is 3.76. The molecular weight excluding hydrogens is 446 g/mol. The molecule has 0 saturated heterocycles. The second-order valence-electron chi connectivity index (χ2n) is 7.79. The van der Waals surface area contributed by atoms with Gasteiger partial charge >= 0.3 is 0 Å². The molecule has 7 nitrogen and oxygen atoms in total. The van der Waals surface area contributed by atoms with Crippen molar-refractivity contribution >= 4 is 39.2 Å². The fourth-order valence-corrected chi connectivity index (χ4v) is 6.04. The van der Waals surface area contributed by atoms with Crippen LogP contribution in [0.1, 0.15) is 47.6 Å². The Bertz CT molecular complexity index is 1190. The van der Waals surface area contributed by atoms with E-state index < -0.39 is 0 Å². The number of benzene rings is 1. The van der Waals surface area contributed by atoms with Crippen molar-refractivity contribution in [3.05, 3.63) is 50.4 Å². The van der Waals surface area contributed by atoms with Crippen LogP contribution in [0.3, 0.4) is 0 Å². The molecule has 0 bridgehead atoms. The van der Waals surface area contributed by atoms with E-state index in [2.05, 4.69) is 15.3 Å². The molecule has 1 unspecified atom stereocenters. The number of ether oxygens (including phenoxy) is 2. The van der Waals surface area contributed by atoms with Crippen LogP contribution in [0.2, 0.25) is 0 Å². The number of aromatic nitrogens is 2. The first kappa shape index (κ1) is 22.7. The standard InChI is InChI=1S/C23H27N3O4S2/c1-13(15-9-8-14(29-2)10-17(15)30-3)24-20(27)12-31-11-19-25-22(28)21-16-6-4-5-7-18(16)32-23(21)26-19/h8-10,13H,4-7,11-12H2,1-3H3,(H,24,27)(H,25,26,28). The normalized spacial score (nSPS) is 14.1. The molecule has 0 saturated carbocycles. The van der Waals surface area contributed by atoms with Gasteiger partial charge in [0.2, 0.25) is 5.91 Å². The molecule has 1 aliphatic rings. The third-order valence-corrected chi connectivity index (χ3v) is 7.76. The van der Waals surface area contributed by atoms with Gasteiger partial charge in [0.1, 0.15) is 22.2 Å². The lowest BCUT2D eigenvalue weighted by Gasteiger charge is -2.18. The molecule has 170 valence electrons. The fourth-order valence-electron chi connectivity index (χ4n) is 4.05. The topological polar surface area (TPSA) is 93.3 Å². The number of carbonyl (C=O) groups is 1. The average molecular weight is 474 g/mol. The van der Waals surface area contributed by atoms with E-state index in [1.807, 2.05) is 19.1 Å². The van der Waals surface area contributed by atoms with Crippen LogP contribution in [-0.2, 0) is 23.4 Å². The summed E-state index contributed by atoms with van der Waals surface area (Å²) in [6.45, 7) is 1.92. The lowest BCUT2D eigenvalue weighted by atomic mass is 9.97. The van der Waals surface area contributed by atoms with Gasteiger partial charge < -0.3 is 19.8 Å². The van der Waals surface area contributed by atoms with Crippen LogP contribution < -0.4 is 20.3 Å². The van der Waals surface area contributed by atoms with Crippen LogP contribution in [0.15, 0.2) is 23.0 Å². The lowest BCUT2D eigenvalue weighted by molar-refractivity contribution is -0.119. The Morgan fingerprint density at radius 2 is 2.09 bits per heavy atom. The van der Waals surface area contributed by atoms with E-state index in [1.54, 1.807) is 31.6 Å². The summed E-state index contributed by atoms with van der Waals surface area (Å²) in [6, 6.07) is 5.32. The minimum Gasteiger partial charge on any atom is -0.497 e. The van der Waals surface area contributed by atoms with Gasteiger partial charge in [-0.2, -0.15) is 0 Å². The Hall–Kier alpha value is -2.52. The number of rotatable bonds is 8. The van der Waals surface area contributed by atoms with Crippen molar-refractivity contribution in [3.8, 4) is 11.5 Å². The van der Waals surface area contributed by atoms with Gasteiger partial charge in [0, 0.05) is 16.5 Å². The zero-order valence-corrected chi connectivity index (χ0v) is 20.1. The maximum absolute atomic E-state index is 12.6. The summed E-state index contributed by atoms with van der Waals surface area (Å²) >= 11 is 3.07. The highest BCUT2D eigenvalue weighted by Crippen LogP contribution is 2.33. The third-order valence-electron chi connectivity index (χ3n) is 5.63. The number of H-pyrrole nitrogens is 1. The van der Waals surface area contributed by atoms with Gasteiger partial charge in [-0.25, -0.2) is 4.98 Å². The number of carbonyl (C=O) groups excluding carboxylic acids is 1. The number of fused-ring (bicyclic) bond motifs is 3. The van der Waals surface area contributed by atoms with Crippen LogP contribution in [-0.4, -0.2) is 35.8 Å². The second-order valence-corrected chi connectivity index (χ2v) is 9.86. The molecule has 2 aromatic heterocycles. The molecule has 3 aromatic rings. The lowest BCUT2D eigenvalue weighted by Crippen LogP contribution is -2.28. The van der Waals surface area contributed by atoms with Crippen molar-refractivity contribution in [3.63, 3.8) is 0 Å². The summed E-state index contributed by atoms with van der Waals surface area (Å²) in [7, 11) is 3.20. The summed E-state index contributed by atoms with van der Waals surface area (Å²) in [6.07, 6.45) is 4.31. The molecule has 2 heterocycles. The van der Waals surface area contributed by atoms with Crippen molar-refractivity contribution < 1.29 is 14.3 Å². The molecule has 1 amide bonds. The van der Waals surface area contributed by atoms with Gasteiger partial charge in [-0.3, -0.25) is 9.59 Å². The molecule has 2 N–H and O–H groups in total. The van der Waals surface area contributed by atoms with E-state index in [0.29, 0.717) is 23.1 Å². The SMILES string of the molecule is COc1ccc(C(C)NC(=O)CSCc2nc3sc4c(c3c(=O)[nH]2)CCCC4)c(OC)c1. The Kier molecular flexibility index (Phi) is 7.05. The minimum absolute atomic E-state index is 0.0605. The first-order valence-electron chi connectivity index (χ1n) is 10.6. The predicted octanol–water partition coefficient (Wildman–Crippen LogP) is 3.99. The van der Waals surface area contributed by atoms with Crippen molar-refractivity contribution in [1.29, 1.82) is 0 Å². The third kappa shape index (κ3) is 4.78. The number of hydrogen-bond acceptors (Lipinski definition) is 7. The highest BCUT2D eigenvalue weighted by Gasteiger charge is 2.20. The summed E-state index contributed by atoms with van der Waals surface area (Å²) in [5.74, 6) is 2.63. The minimum atomic E-state index is -0.212. The maximum Gasteiger partial charge on any atom is 0.259 e. The Balaban J connectivity index is 1.36. The number of thiophene rings is 1. The van der Waals surface area contributed by atoms with Gasteiger partial charge in [0.15, 0.2) is 0 Å². The molecule has 0 spiro atoms. The quantitative estimate of drug-likeness (QED) is 0.514. The molecular formula is C23H27N3O4S2. The van der Waals surface area contributed by atoms with Crippen LogP contribution in [0, 0.1) is 0 Å². The number of nitrogens with one attached hydrogen (secondary N) is 2. The average Bonchev–Trinajstić information content (AvgIpc) is 3.17. The Labute approximate surface area is 194 Å². The molecule has 0 radical (unpaired) electrons. The van der Waals surface area contributed by atoms with Gasteiger partial charge in [0.05, 0.1) is 37.2 Å². The van der Waals surface area contributed by atoms with E-state index in [-0.39, 0.29) is 23.3 Å². The Morgan fingerprint density at radius 1 is 1.28 bits per heavy atom. The van der Waals surface area contributed by atoms with Gasteiger partial charge in [-0.15, -0.1) is 23.1 Å². The van der Waals surface area contributed by atoms with E-state index >= 15 is 0 Å². The summed E-state index contributed by atoms with van der Waals surface area (Å²) in [4.78, 5) is 34.8. The summed E-state index contributed by atoms with van der Waals surface area (Å²) in [5.41, 5.74) is 2.01. The largest absolute Gasteiger partial charge is 0.497 e. The number of aromatic amines is 1. The predicted molar refractivity (Wildman–Crippen MR) is 129 cm³/mol. The zero-order valence-electron chi connectivity index (χ0n) is 18.4. The smallest absolute Gasteiger partial charge is 0.259 e.